The smallest absolute Gasteiger partial charge is 0.257 e. The fourth-order valence-corrected chi connectivity index (χ4v) is 3.01. The zero-order chi connectivity index (χ0) is 19.6. The molecule has 1 fully saturated rings. The first-order valence-corrected chi connectivity index (χ1v) is 8.98. The summed E-state index contributed by atoms with van der Waals surface area (Å²) in [5.74, 6) is 0.322. The maximum absolute atomic E-state index is 12.8. The molecule has 0 unspecified atom stereocenters. The van der Waals surface area contributed by atoms with E-state index in [1.54, 1.807) is 27.8 Å². The van der Waals surface area contributed by atoms with E-state index in [0.717, 1.165) is 5.56 Å². The van der Waals surface area contributed by atoms with Crippen LogP contribution in [0.2, 0.25) is 0 Å². The summed E-state index contributed by atoms with van der Waals surface area (Å²) >= 11 is 0. The molecule has 1 aromatic heterocycles. The lowest BCUT2D eigenvalue weighted by Crippen LogP contribution is -2.51. The van der Waals surface area contributed by atoms with E-state index >= 15 is 0 Å². The molecule has 142 valence electrons. The fraction of sp³-hybridized carbons (Fsp3) is 0.400. The van der Waals surface area contributed by atoms with Crippen molar-refractivity contribution < 1.29 is 9.59 Å². The van der Waals surface area contributed by atoms with Gasteiger partial charge in [-0.1, -0.05) is 29.8 Å². The average molecular weight is 367 g/mol. The van der Waals surface area contributed by atoms with Crippen LogP contribution in [0.1, 0.15) is 27.2 Å². The van der Waals surface area contributed by atoms with E-state index in [1.165, 1.54) is 5.56 Å². The molecule has 1 aliphatic heterocycles. The van der Waals surface area contributed by atoms with Gasteiger partial charge in [-0.3, -0.25) is 9.59 Å². The van der Waals surface area contributed by atoms with Gasteiger partial charge in [-0.25, -0.2) is 9.97 Å². The van der Waals surface area contributed by atoms with Crippen LogP contribution in [0, 0.1) is 13.8 Å². The summed E-state index contributed by atoms with van der Waals surface area (Å²) in [7, 11) is 3.70. The molecule has 27 heavy (non-hydrogen) atoms. The molecule has 0 saturated carbocycles. The highest BCUT2D eigenvalue weighted by atomic mass is 16.2. The largest absolute Gasteiger partial charge is 0.347 e. The van der Waals surface area contributed by atoms with Crippen LogP contribution in [0.15, 0.2) is 30.5 Å². The van der Waals surface area contributed by atoms with E-state index in [-0.39, 0.29) is 18.4 Å². The number of anilines is 1. The molecule has 1 aromatic carbocycles. The number of aromatic nitrogens is 2. The normalized spacial score (nSPS) is 14.4. The molecule has 3 rings (SSSR count). The van der Waals surface area contributed by atoms with E-state index in [2.05, 4.69) is 9.97 Å². The Balaban J connectivity index is 1.66. The van der Waals surface area contributed by atoms with E-state index in [1.807, 2.05) is 45.3 Å². The zero-order valence-corrected chi connectivity index (χ0v) is 16.3. The molecule has 2 aromatic rings. The Morgan fingerprint density at radius 3 is 2.44 bits per heavy atom. The molecule has 1 aliphatic rings. The van der Waals surface area contributed by atoms with Crippen molar-refractivity contribution in [2.24, 2.45) is 0 Å². The summed E-state index contributed by atoms with van der Waals surface area (Å²) in [5.41, 5.74) is 3.35. The van der Waals surface area contributed by atoms with Gasteiger partial charge in [0.2, 0.25) is 11.9 Å². The number of hydrogen-bond donors (Lipinski definition) is 0. The first-order chi connectivity index (χ1) is 12.8. The molecule has 0 aliphatic carbocycles. The summed E-state index contributed by atoms with van der Waals surface area (Å²) in [6.07, 6.45) is 1.54. The Morgan fingerprint density at radius 2 is 1.85 bits per heavy atom. The van der Waals surface area contributed by atoms with Crippen molar-refractivity contribution in [2.75, 3.05) is 38.6 Å². The van der Waals surface area contributed by atoms with E-state index in [9.17, 15) is 9.59 Å². The van der Waals surface area contributed by atoms with Crippen LogP contribution in [0.5, 0.6) is 0 Å². The lowest BCUT2D eigenvalue weighted by molar-refractivity contribution is -0.135. The number of rotatable bonds is 4. The molecule has 0 atom stereocenters. The van der Waals surface area contributed by atoms with E-state index in [4.69, 9.17) is 0 Å². The molecule has 2 heterocycles. The van der Waals surface area contributed by atoms with Crippen LogP contribution in [0.3, 0.4) is 0 Å². The van der Waals surface area contributed by atoms with Crippen LogP contribution in [0.4, 0.5) is 5.95 Å². The highest BCUT2D eigenvalue weighted by molar-refractivity contribution is 5.97. The third kappa shape index (κ3) is 4.24. The van der Waals surface area contributed by atoms with Crippen LogP contribution in [-0.2, 0) is 11.3 Å². The van der Waals surface area contributed by atoms with Gasteiger partial charge in [-0.05, 0) is 19.4 Å². The molecule has 7 heteroatoms. The van der Waals surface area contributed by atoms with Gasteiger partial charge in [0.25, 0.3) is 5.91 Å². The van der Waals surface area contributed by atoms with Crippen LogP contribution in [0.25, 0.3) is 0 Å². The van der Waals surface area contributed by atoms with Crippen LogP contribution >= 0.6 is 0 Å². The summed E-state index contributed by atoms with van der Waals surface area (Å²) in [6.45, 7) is 5.51. The quantitative estimate of drug-likeness (QED) is 0.822. The topological polar surface area (TPSA) is 69.6 Å². The maximum atomic E-state index is 12.8. The van der Waals surface area contributed by atoms with Crippen molar-refractivity contribution in [3.63, 3.8) is 0 Å². The van der Waals surface area contributed by atoms with Gasteiger partial charge in [0.15, 0.2) is 0 Å². The minimum Gasteiger partial charge on any atom is -0.347 e. The first-order valence-electron chi connectivity index (χ1n) is 8.98. The van der Waals surface area contributed by atoms with Crippen molar-refractivity contribution in [2.45, 2.75) is 20.4 Å². The fourth-order valence-electron chi connectivity index (χ4n) is 3.01. The van der Waals surface area contributed by atoms with Crippen molar-refractivity contribution >= 4 is 17.8 Å². The highest BCUT2D eigenvalue weighted by Crippen LogP contribution is 2.15. The second kappa shape index (κ2) is 7.73. The second-order valence-corrected chi connectivity index (χ2v) is 7.09. The molecular formula is C20H25N5O2. The predicted octanol–water partition coefficient (Wildman–Crippen LogP) is 1.64. The standard InChI is InChI=1S/C20H25N5O2/c1-14-5-7-16(8-6-14)12-24-9-10-25(13-18(24)26)19(27)17-11-21-20(23(3)4)22-15(17)2/h5-8,11H,9-10,12-13H2,1-4H3. The molecule has 0 radical (unpaired) electrons. The van der Waals surface area contributed by atoms with Gasteiger partial charge in [-0.15, -0.1) is 0 Å². The number of aryl methyl sites for hydroxylation is 2. The van der Waals surface area contributed by atoms with Gasteiger partial charge >= 0.3 is 0 Å². The highest BCUT2D eigenvalue weighted by Gasteiger charge is 2.29. The zero-order valence-electron chi connectivity index (χ0n) is 16.3. The Bertz CT molecular complexity index is 848. The monoisotopic (exact) mass is 367 g/mol. The lowest BCUT2D eigenvalue weighted by Gasteiger charge is -2.34. The predicted molar refractivity (Wildman–Crippen MR) is 104 cm³/mol. The van der Waals surface area contributed by atoms with Gasteiger partial charge in [0.05, 0.1) is 11.3 Å². The average Bonchev–Trinajstić information content (AvgIpc) is 2.64. The Labute approximate surface area is 159 Å². The maximum Gasteiger partial charge on any atom is 0.257 e. The van der Waals surface area contributed by atoms with Crippen LogP contribution < -0.4 is 4.90 Å². The van der Waals surface area contributed by atoms with Gasteiger partial charge in [0.1, 0.15) is 6.54 Å². The SMILES string of the molecule is Cc1ccc(CN2CCN(C(=O)c3cnc(N(C)C)nc3C)CC2=O)cc1. The number of piperazine rings is 1. The lowest BCUT2D eigenvalue weighted by atomic mass is 10.1. The molecule has 0 N–H and O–H groups in total. The Kier molecular flexibility index (Phi) is 5.39. The summed E-state index contributed by atoms with van der Waals surface area (Å²) in [6, 6.07) is 8.15. The first kappa shape index (κ1) is 18.8. The molecular weight excluding hydrogens is 342 g/mol. The van der Waals surface area contributed by atoms with E-state index < -0.39 is 0 Å². The Hall–Kier alpha value is -2.96. The third-order valence-corrected chi connectivity index (χ3v) is 4.70. The number of amides is 2. The third-order valence-electron chi connectivity index (χ3n) is 4.70. The molecule has 0 spiro atoms. The number of carbonyl (C=O) groups excluding carboxylic acids is 2. The van der Waals surface area contributed by atoms with Crippen molar-refractivity contribution in [1.29, 1.82) is 0 Å². The number of carbonyl (C=O) groups is 2. The van der Waals surface area contributed by atoms with Crippen LogP contribution in [-0.4, -0.2) is 65.3 Å². The number of benzene rings is 1. The van der Waals surface area contributed by atoms with E-state index in [0.29, 0.717) is 36.8 Å². The molecule has 1 saturated heterocycles. The minimum atomic E-state index is -0.193. The molecule has 7 nitrogen and oxygen atoms in total. The van der Waals surface area contributed by atoms with Crippen molar-refractivity contribution in [1.82, 2.24) is 19.8 Å². The minimum absolute atomic E-state index is 0.0429. The van der Waals surface area contributed by atoms with Crippen molar-refractivity contribution in [3.8, 4) is 0 Å². The summed E-state index contributed by atoms with van der Waals surface area (Å²) in [4.78, 5) is 39.1. The molecule has 0 bridgehead atoms. The second-order valence-electron chi connectivity index (χ2n) is 7.09. The molecule has 2 amide bonds. The summed E-state index contributed by atoms with van der Waals surface area (Å²) in [5, 5.41) is 0. The number of nitrogens with zero attached hydrogens (tertiary/aromatic N) is 5. The van der Waals surface area contributed by atoms with Gasteiger partial charge in [-0.2, -0.15) is 0 Å². The number of hydrogen-bond acceptors (Lipinski definition) is 5. The van der Waals surface area contributed by atoms with Gasteiger partial charge in [0, 0.05) is 39.9 Å². The summed E-state index contributed by atoms with van der Waals surface area (Å²) < 4.78 is 0. The van der Waals surface area contributed by atoms with Crippen molar-refractivity contribution in [3.05, 3.63) is 52.8 Å². The Morgan fingerprint density at radius 1 is 1.15 bits per heavy atom. The van der Waals surface area contributed by atoms with Gasteiger partial charge < -0.3 is 14.7 Å².